The molecule has 0 spiro atoms. The number of fused-ring (bicyclic) bond motifs is 1. The zero-order valence-electron chi connectivity index (χ0n) is 17.5. The topological polar surface area (TPSA) is 88.4 Å². The lowest BCUT2D eigenvalue weighted by molar-refractivity contribution is 0.602. The van der Waals surface area contributed by atoms with Crippen molar-refractivity contribution in [1.29, 1.82) is 0 Å². The molecule has 0 atom stereocenters. The number of sulfone groups is 1. The van der Waals surface area contributed by atoms with Gasteiger partial charge in [-0.2, -0.15) is 0 Å². The molecule has 2 aromatic carbocycles. The second kappa shape index (κ2) is 10.2. The predicted octanol–water partition coefficient (Wildman–Crippen LogP) is 2.63. The van der Waals surface area contributed by atoms with E-state index >= 15 is 0 Å². The fourth-order valence-electron chi connectivity index (χ4n) is 3.19. The van der Waals surface area contributed by atoms with E-state index in [4.69, 9.17) is 0 Å². The van der Waals surface area contributed by atoms with Crippen molar-refractivity contribution >= 4 is 26.8 Å². The Morgan fingerprint density at radius 3 is 2.60 bits per heavy atom. The van der Waals surface area contributed by atoms with Crippen LogP contribution in [0.1, 0.15) is 18.9 Å². The van der Waals surface area contributed by atoms with Crippen molar-refractivity contribution in [1.82, 2.24) is 20.2 Å². The normalized spacial score (nSPS) is 12.3. The van der Waals surface area contributed by atoms with E-state index in [9.17, 15) is 8.42 Å². The number of para-hydroxylation sites is 2. The van der Waals surface area contributed by atoms with Gasteiger partial charge in [0.1, 0.15) is 0 Å². The van der Waals surface area contributed by atoms with Gasteiger partial charge >= 0.3 is 0 Å². The first-order valence-electron chi connectivity index (χ1n) is 10.2. The minimum absolute atomic E-state index is 0.347. The minimum atomic E-state index is -3.15. The van der Waals surface area contributed by atoms with Gasteiger partial charge < -0.3 is 15.2 Å². The van der Waals surface area contributed by atoms with Crippen LogP contribution in [0, 0.1) is 0 Å². The van der Waals surface area contributed by atoms with Gasteiger partial charge in [0, 0.05) is 32.4 Å². The molecule has 0 saturated carbocycles. The maximum Gasteiger partial charge on any atom is 0.191 e. The summed E-state index contributed by atoms with van der Waals surface area (Å²) in [5, 5.41) is 6.60. The van der Waals surface area contributed by atoms with Crippen molar-refractivity contribution in [3.05, 3.63) is 60.4 Å². The molecule has 0 aliphatic heterocycles. The highest BCUT2D eigenvalue weighted by Gasteiger charge is 2.06. The number of rotatable bonds is 9. The van der Waals surface area contributed by atoms with E-state index in [1.807, 2.05) is 43.6 Å². The SMILES string of the molecule is CCNC(=NCCCn1cnc2ccccc21)NCCc1ccc(S(C)(=O)=O)cc1. The average molecular weight is 428 g/mol. The van der Waals surface area contributed by atoms with E-state index in [0.29, 0.717) is 11.4 Å². The summed E-state index contributed by atoms with van der Waals surface area (Å²) in [7, 11) is -3.15. The highest BCUT2D eigenvalue weighted by Crippen LogP contribution is 2.12. The first-order valence-corrected chi connectivity index (χ1v) is 12.1. The van der Waals surface area contributed by atoms with Gasteiger partial charge in [0.05, 0.1) is 22.3 Å². The molecule has 160 valence electrons. The van der Waals surface area contributed by atoms with E-state index in [1.165, 1.54) is 6.26 Å². The van der Waals surface area contributed by atoms with Crippen LogP contribution in [0.3, 0.4) is 0 Å². The molecule has 8 heteroatoms. The minimum Gasteiger partial charge on any atom is -0.357 e. The van der Waals surface area contributed by atoms with Crippen molar-refractivity contribution in [2.75, 3.05) is 25.9 Å². The van der Waals surface area contributed by atoms with E-state index in [-0.39, 0.29) is 0 Å². The molecule has 3 aromatic rings. The van der Waals surface area contributed by atoms with Gasteiger partial charge in [-0.1, -0.05) is 24.3 Å². The maximum absolute atomic E-state index is 11.5. The Balaban J connectivity index is 1.47. The van der Waals surface area contributed by atoms with Crippen LogP contribution in [0.2, 0.25) is 0 Å². The molecular weight excluding hydrogens is 398 g/mol. The Morgan fingerprint density at radius 1 is 1.10 bits per heavy atom. The lowest BCUT2D eigenvalue weighted by Crippen LogP contribution is -2.38. The smallest absolute Gasteiger partial charge is 0.191 e. The second-order valence-electron chi connectivity index (χ2n) is 7.13. The molecule has 0 saturated heterocycles. The molecule has 0 aliphatic carbocycles. The molecule has 30 heavy (non-hydrogen) atoms. The molecule has 1 heterocycles. The highest BCUT2D eigenvalue weighted by molar-refractivity contribution is 7.90. The molecule has 0 bridgehead atoms. The third-order valence-electron chi connectivity index (χ3n) is 4.76. The van der Waals surface area contributed by atoms with Crippen LogP contribution in [0.15, 0.2) is 64.7 Å². The number of aliphatic imine (C=N–C) groups is 1. The van der Waals surface area contributed by atoms with E-state index in [2.05, 4.69) is 31.2 Å². The number of aromatic nitrogens is 2. The summed E-state index contributed by atoms with van der Waals surface area (Å²) in [4.78, 5) is 9.42. The summed E-state index contributed by atoms with van der Waals surface area (Å²) in [6.45, 7) is 5.14. The highest BCUT2D eigenvalue weighted by atomic mass is 32.2. The molecule has 1 aromatic heterocycles. The lowest BCUT2D eigenvalue weighted by Gasteiger charge is -2.11. The van der Waals surface area contributed by atoms with Crippen molar-refractivity contribution in [2.45, 2.75) is 31.2 Å². The standard InChI is InChI=1S/C22H29N5O2S/c1-3-23-22(25-15-13-18-9-11-19(12-10-18)30(2,28)29)24-14-6-16-27-17-26-20-7-4-5-8-21(20)27/h4-5,7-12,17H,3,6,13-16H2,1-2H3,(H2,23,24,25). The monoisotopic (exact) mass is 427 g/mol. The Bertz CT molecular complexity index is 1090. The molecular formula is C22H29N5O2S. The van der Waals surface area contributed by atoms with Crippen LogP contribution < -0.4 is 10.6 Å². The number of benzene rings is 2. The summed E-state index contributed by atoms with van der Waals surface area (Å²) < 4.78 is 25.2. The van der Waals surface area contributed by atoms with Crippen LogP contribution >= 0.6 is 0 Å². The molecule has 0 radical (unpaired) electrons. The Morgan fingerprint density at radius 2 is 1.87 bits per heavy atom. The summed E-state index contributed by atoms with van der Waals surface area (Å²) in [6, 6.07) is 15.2. The average Bonchev–Trinajstić information content (AvgIpc) is 3.14. The van der Waals surface area contributed by atoms with Crippen LogP contribution in [-0.2, 0) is 22.8 Å². The van der Waals surface area contributed by atoms with Gasteiger partial charge in [0.15, 0.2) is 15.8 Å². The summed E-state index contributed by atoms with van der Waals surface area (Å²) in [6.07, 6.45) is 4.81. The quantitative estimate of drug-likeness (QED) is 0.311. The van der Waals surface area contributed by atoms with E-state index in [1.54, 1.807) is 12.1 Å². The van der Waals surface area contributed by atoms with Gasteiger partial charge in [0.2, 0.25) is 0 Å². The van der Waals surface area contributed by atoms with Gasteiger partial charge in [-0.15, -0.1) is 0 Å². The molecule has 0 fully saturated rings. The van der Waals surface area contributed by atoms with E-state index in [0.717, 1.165) is 55.0 Å². The van der Waals surface area contributed by atoms with E-state index < -0.39 is 9.84 Å². The second-order valence-corrected chi connectivity index (χ2v) is 9.15. The van der Waals surface area contributed by atoms with Gasteiger partial charge in [-0.3, -0.25) is 4.99 Å². The predicted molar refractivity (Wildman–Crippen MR) is 122 cm³/mol. The van der Waals surface area contributed by atoms with Crippen LogP contribution in [0.25, 0.3) is 11.0 Å². The lowest BCUT2D eigenvalue weighted by atomic mass is 10.1. The number of nitrogens with one attached hydrogen (secondary N) is 2. The van der Waals surface area contributed by atoms with Crippen molar-refractivity contribution in [2.24, 2.45) is 4.99 Å². The summed E-state index contributed by atoms with van der Waals surface area (Å²) in [5.41, 5.74) is 3.24. The maximum atomic E-state index is 11.5. The molecule has 3 rings (SSSR count). The van der Waals surface area contributed by atoms with Crippen LogP contribution in [0.4, 0.5) is 0 Å². The molecule has 2 N–H and O–H groups in total. The third kappa shape index (κ3) is 6.06. The number of hydrogen-bond donors (Lipinski definition) is 2. The molecule has 0 unspecified atom stereocenters. The first kappa shape index (κ1) is 21.8. The Hall–Kier alpha value is -2.87. The fourth-order valence-corrected chi connectivity index (χ4v) is 3.82. The Labute approximate surface area is 178 Å². The first-order chi connectivity index (χ1) is 14.5. The zero-order valence-corrected chi connectivity index (χ0v) is 18.3. The van der Waals surface area contributed by atoms with Crippen molar-refractivity contribution in [3.8, 4) is 0 Å². The van der Waals surface area contributed by atoms with Crippen molar-refractivity contribution < 1.29 is 8.42 Å². The number of imidazole rings is 1. The number of nitrogens with zero attached hydrogens (tertiary/aromatic N) is 3. The van der Waals surface area contributed by atoms with Crippen LogP contribution in [0.5, 0.6) is 0 Å². The molecule has 0 amide bonds. The number of hydrogen-bond acceptors (Lipinski definition) is 4. The van der Waals surface area contributed by atoms with Gasteiger partial charge in [0.25, 0.3) is 0 Å². The summed E-state index contributed by atoms with van der Waals surface area (Å²) >= 11 is 0. The molecule has 7 nitrogen and oxygen atoms in total. The van der Waals surface area contributed by atoms with Crippen molar-refractivity contribution in [3.63, 3.8) is 0 Å². The van der Waals surface area contributed by atoms with Gasteiger partial charge in [-0.05, 0) is 49.6 Å². The fraction of sp³-hybridized carbons (Fsp3) is 0.364. The third-order valence-corrected chi connectivity index (χ3v) is 5.88. The van der Waals surface area contributed by atoms with Crippen LogP contribution in [-0.4, -0.2) is 49.8 Å². The number of guanidine groups is 1. The largest absolute Gasteiger partial charge is 0.357 e. The molecule has 0 aliphatic rings. The van der Waals surface area contributed by atoms with Gasteiger partial charge in [-0.25, -0.2) is 13.4 Å². The number of aryl methyl sites for hydroxylation is 1. The zero-order chi connectivity index (χ0) is 21.4. The Kier molecular flexibility index (Phi) is 7.46. The summed E-state index contributed by atoms with van der Waals surface area (Å²) in [5.74, 6) is 0.792.